The summed E-state index contributed by atoms with van der Waals surface area (Å²) in [7, 11) is 0. The van der Waals surface area contributed by atoms with Gasteiger partial charge < -0.3 is 15.6 Å². The Labute approximate surface area is 115 Å². The number of hydrogen-bond donors (Lipinski definition) is 2. The number of rotatable bonds is 6. The van der Waals surface area contributed by atoms with E-state index in [4.69, 9.17) is 5.73 Å². The molecule has 0 unspecified atom stereocenters. The van der Waals surface area contributed by atoms with Gasteiger partial charge in [-0.1, -0.05) is 32.6 Å². The molecule has 0 spiro atoms. The number of aromatic nitrogens is 1. The lowest BCUT2D eigenvalue weighted by Crippen LogP contribution is -2.27. The molecule has 19 heavy (non-hydrogen) atoms. The standard InChI is InChI=1S/C15H25N3O/c1-2-9-18-11-13(16)10-14(18)15(19)17-8-7-12-5-3-4-6-12/h10-12H,2-9,16H2,1H3,(H,17,19). The van der Waals surface area contributed by atoms with Gasteiger partial charge in [-0.3, -0.25) is 4.79 Å². The molecular weight excluding hydrogens is 238 g/mol. The van der Waals surface area contributed by atoms with Gasteiger partial charge in [0.2, 0.25) is 0 Å². The first kappa shape index (κ1) is 14.0. The average Bonchev–Trinajstić information content (AvgIpc) is 2.99. The van der Waals surface area contributed by atoms with Crippen molar-refractivity contribution in [3.8, 4) is 0 Å². The first-order valence-electron chi connectivity index (χ1n) is 7.44. The maximum absolute atomic E-state index is 12.1. The van der Waals surface area contributed by atoms with Crippen LogP contribution in [0.3, 0.4) is 0 Å². The van der Waals surface area contributed by atoms with Crippen LogP contribution in [-0.4, -0.2) is 17.0 Å². The molecule has 0 aliphatic heterocycles. The molecule has 0 radical (unpaired) electrons. The van der Waals surface area contributed by atoms with E-state index in [1.165, 1.54) is 25.7 Å². The zero-order valence-electron chi connectivity index (χ0n) is 11.8. The number of nitrogens with two attached hydrogens (primary N) is 1. The molecule has 3 N–H and O–H groups in total. The fourth-order valence-electron chi connectivity index (χ4n) is 2.93. The Morgan fingerprint density at radius 3 is 2.89 bits per heavy atom. The zero-order valence-corrected chi connectivity index (χ0v) is 11.8. The van der Waals surface area contributed by atoms with Crippen LogP contribution in [0.2, 0.25) is 0 Å². The number of hydrogen-bond acceptors (Lipinski definition) is 2. The molecule has 1 aliphatic carbocycles. The number of anilines is 1. The SMILES string of the molecule is CCCn1cc(N)cc1C(=O)NCCC1CCCC1. The summed E-state index contributed by atoms with van der Waals surface area (Å²) < 4.78 is 1.94. The van der Waals surface area contributed by atoms with Crippen LogP contribution >= 0.6 is 0 Å². The molecule has 1 aromatic rings. The highest BCUT2D eigenvalue weighted by Crippen LogP contribution is 2.26. The number of carbonyl (C=O) groups excluding carboxylic acids is 1. The van der Waals surface area contributed by atoms with Crippen LogP contribution < -0.4 is 11.1 Å². The number of amides is 1. The number of nitrogens with one attached hydrogen (secondary N) is 1. The van der Waals surface area contributed by atoms with Crippen LogP contribution in [0.4, 0.5) is 5.69 Å². The third-order valence-corrected chi connectivity index (χ3v) is 3.93. The van der Waals surface area contributed by atoms with Crippen LogP contribution in [0, 0.1) is 5.92 Å². The highest BCUT2D eigenvalue weighted by atomic mass is 16.1. The zero-order chi connectivity index (χ0) is 13.7. The highest BCUT2D eigenvalue weighted by Gasteiger charge is 2.16. The molecule has 0 bridgehead atoms. The van der Waals surface area contributed by atoms with Crippen LogP contribution in [0.25, 0.3) is 0 Å². The minimum absolute atomic E-state index is 0.00291. The van der Waals surface area contributed by atoms with Crippen molar-refractivity contribution < 1.29 is 4.79 Å². The normalized spacial score (nSPS) is 15.8. The van der Waals surface area contributed by atoms with E-state index in [2.05, 4.69) is 12.2 Å². The molecule has 4 heteroatoms. The van der Waals surface area contributed by atoms with Crippen LogP contribution in [0.5, 0.6) is 0 Å². The topological polar surface area (TPSA) is 60.0 Å². The molecule has 0 atom stereocenters. The monoisotopic (exact) mass is 263 g/mol. The van der Waals surface area contributed by atoms with E-state index in [1.54, 1.807) is 6.07 Å². The third kappa shape index (κ3) is 3.75. The van der Waals surface area contributed by atoms with E-state index in [0.29, 0.717) is 11.4 Å². The van der Waals surface area contributed by atoms with Gasteiger partial charge in [-0.2, -0.15) is 0 Å². The van der Waals surface area contributed by atoms with Gasteiger partial charge in [0.25, 0.3) is 5.91 Å². The van der Waals surface area contributed by atoms with Crippen LogP contribution in [0.1, 0.15) is 55.9 Å². The molecular formula is C15H25N3O. The quantitative estimate of drug-likeness (QED) is 0.829. The molecule has 1 saturated carbocycles. The fraction of sp³-hybridized carbons (Fsp3) is 0.667. The molecule has 0 aromatic carbocycles. The van der Waals surface area contributed by atoms with Crippen molar-refractivity contribution in [1.82, 2.24) is 9.88 Å². The van der Waals surface area contributed by atoms with Gasteiger partial charge >= 0.3 is 0 Å². The molecule has 4 nitrogen and oxygen atoms in total. The second-order valence-electron chi connectivity index (χ2n) is 5.55. The lowest BCUT2D eigenvalue weighted by Gasteiger charge is -2.11. The van der Waals surface area contributed by atoms with Gasteiger partial charge in [0.1, 0.15) is 5.69 Å². The number of aryl methyl sites for hydroxylation is 1. The number of carbonyl (C=O) groups is 1. The fourth-order valence-corrected chi connectivity index (χ4v) is 2.93. The second kappa shape index (κ2) is 6.64. The van der Waals surface area contributed by atoms with Gasteiger partial charge in [0.15, 0.2) is 0 Å². The number of nitrogen functional groups attached to an aromatic ring is 1. The van der Waals surface area contributed by atoms with E-state index in [0.717, 1.165) is 31.8 Å². The van der Waals surface area contributed by atoms with Crippen LogP contribution in [-0.2, 0) is 6.54 Å². The minimum atomic E-state index is 0.00291. The van der Waals surface area contributed by atoms with Gasteiger partial charge in [0.05, 0.1) is 5.69 Å². The Morgan fingerprint density at radius 2 is 2.21 bits per heavy atom. The van der Waals surface area contributed by atoms with E-state index >= 15 is 0 Å². The van der Waals surface area contributed by atoms with Crippen LogP contribution in [0.15, 0.2) is 12.3 Å². The van der Waals surface area contributed by atoms with Gasteiger partial charge in [-0.05, 0) is 24.8 Å². The van der Waals surface area contributed by atoms with Crippen molar-refractivity contribution in [2.75, 3.05) is 12.3 Å². The largest absolute Gasteiger partial charge is 0.397 e. The highest BCUT2D eigenvalue weighted by molar-refractivity contribution is 5.93. The van der Waals surface area contributed by atoms with E-state index in [-0.39, 0.29) is 5.91 Å². The van der Waals surface area contributed by atoms with Crippen molar-refractivity contribution in [2.24, 2.45) is 5.92 Å². The van der Waals surface area contributed by atoms with E-state index in [1.807, 2.05) is 10.8 Å². The van der Waals surface area contributed by atoms with E-state index in [9.17, 15) is 4.79 Å². The second-order valence-corrected chi connectivity index (χ2v) is 5.55. The predicted octanol–water partition coefficient (Wildman–Crippen LogP) is 2.79. The Morgan fingerprint density at radius 1 is 1.47 bits per heavy atom. The smallest absolute Gasteiger partial charge is 0.267 e. The molecule has 1 heterocycles. The summed E-state index contributed by atoms with van der Waals surface area (Å²) in [5.74, 6) is 0.816. The molecule has 2 rings (SSSR count). The summed E-state index contributed by atoms with van der Waals surface area (Å²) in [6.07, 6.45) is 9.31. The minimum Gasteiger partial charge on any atom is -0.397 e. The van der Waals surface area contributed by atoms with Crippen molar-refractivity contribution in [1.29, 1.82) is 0 Å². The first-order chi connectivity index (χ1) is 9.20. The molecule has 1 amide bonds. The molecule has 106 valence electrons. The summed E-state index contributed by atoms with van der Waals surface area (Å²) in [5, 5.41) is 3.02. The summed E-state index contributed by atoms with van der Waals surface area (Å²) in [5.41, 5.74) is 7.12. The van der Waals surface area contributed by atoms with Gasteiger partial charge in [-0.15, -0.1) is 0 Å². The molecule has 1 fully saturated rings. The Balaban J connectivity index is 1.84. The maximum atomic E-state index is 12.1. The average molecular weight is 263 g/mol. The Kier molecular flexibility index (Phi) is 4.88. The lowest BCUT2D eigenvalue weighted by molar-refractivity contribution is 0.0942. The molecule has 1 aliphatic rings. The summed E-state index contributed by atoms with van der Waals surface area (Å²) in [4.78, 5) is 12.1. The lowest BCUT2D eigenvalue weighted by atomic mass is 10.0. The Bertz CT molecular complexity index is 419. The molecule has 0 saturated heterocycles. The van der Waals surface area contributed by atoms with E-state index < -0.39 is 0 Å². The molecule has 1 aromatic heterocycles. The summed E-state index contributed by atoms with van der Waals surface area (Å²) in [6, 6.07) is 1.76. The predicted molar refractivity (Wildman–Crippen MR) is 78.0 cm³/mol. The first-order valence-corrected chi connectivity index (χ1v) is 7.44. The maximum Gasteiger partial charge on any atom is 0.267 e. The summed E-state index contributed by atoms with van der Waals surface area (Å²) >= 11 is 0. The van der Waals surface area contributed by atoms with Gasteiger partial charge in [0, 0.05) is 19.3 Å². The summed E-state index contributed by atoms with van der Waals surface area (Å²) in [6.45, 7) is 3.71. The Hall–Kier alpha value is -1.45. The van der Waals surface area contributed by atoms with Crippen molar-refractivity contribution >= 4 is 11.6 Å². The van der Waals surface area contributed by atoms with Gasteiger partial charge in [-0.25, -0.2) is 0 Å². The number of nitrogens with zero attached hydrogens (tertiary/aromatic N) is 1. The van der Waals surface area contributed by atoms with Crippen molar-refractivity contribution in [2.45, 2.75) is 52.0 Å². The van der Waals surface area contributed by atoms with Crippen molar-refractivity contribution in [3.63, 3.8) is 0 Å². The van der Waals surface area contributed by atoms with Crippen molar-refractivity contribution in [3.05, 3.63) is 18.0 Å². The third-order valence-electron chi connectivity index (χ3n) is 3.93.